The molecular formula is C21H30. The van der Waals surface area contributed by atoms with Crippen LogP contribution < -0.4 is 0 Å². The minimum absolute atomic E-state index is 1.25. The predicted molar refractivity (Wildman–Crippen MR) is 97.9 cm³/mol. The van der Waals surface area contributed by atoms with Crippen molar-refractivity contribution in [1.29, 1.82) is 0 Å². The van der Waals surface area contributed by atoms with Gasteiger partial charge in [0.15, 0.2) is 0 Å². The summed E-state index contributed by atoms with van der Waals surface area (Å²) in [5.74, 6) is 0. The van der Waals surface area contributed by atoms with E-state index in [1.165, 1.54) is 34.2 Å². The van der Waals surface area contributed by atoms with E-state index in [0.717, 1.165) is 0 Å². The van der Waals surface area contributed by atoms with Gasteiger partial charge < -0.3 is 0 Å². The molecule has 0 aliphatic carbocycles. The fraction of sp³-hybridized carbons (Fsp3) is 0.333. The average molecular weight is 282 g/mol. The third kappa shape index (κ3) is 6.94. The third-order valence-electron chi connectivity index (χ3n) is 2.83. The van der Waals surface area contributed by atoms with Crippen molar-refractivity contribution in [3.05, 3.63) is 71.8 Å². The van der Waals surface area contributed by atoms with E-state index in [4.69, 9.17) is 0 Å². The van der Waals surface area contributed by atoms with Gasteiger partial charge in [-0.3, -0.25) is 0 Å². The Morgan fingerprint density at radius 2 is 1.33 bits per heavy atom. The monoisotopic (exact) mass is 282 g/mol. The Kier molecular flexibility index (Phi) is 9.96. The lowest BCUT2D eigenvalue weighted by molar-refractivity contribution is 1.09. The first-order chi connectivity index (χ1) is 10.0. The molecule has 0 spiro atoms. The number of aryl methyl sites for hydroxylation is 3. The first-order valence-electron chi connectivity index (χ1n) is 7.72. The molecule has 114 valence electrons. The molecule has 0 aliphatic heterocycles. The largest absolute Gasteiger partial charge is 0.103 e. The Morgan fingerprint density at radius 1 is 0.857 bits per heavy atom. The van der Waals surface area contributed by atoms with Crippen molar-refractivity contribution in [3.8, 4) is 11.1 Å². The summed E-state index contributed by atoms with van der Waals surface area (Å²) in [6.07, 6.45) is 3.00. The van der Waals surface area contributed by atoms with Crippen LogP contribution in [0.15, 0.2) is 55.1 Å². The zero-order chi connectivity index (χ0) is 16.3. The number of rotatable bonds is 1. The standard InChI is InChI=1S/C15H16.C3H8.C3H6/c1-11-8-9-13(3)15(10-11)14-7-5-4-6-12(14)2;2*1-3-2/h4-10H,1-3H3;3H2,1-2H3;3H,1H2,2H3. The highest BCUT2D eigenvalue weighted by Crippen LogP contribution is 2.27. The molecule has 0 aromatic heterocycles. The van der Waals surface area contributed by atoms with E-state index in [2.05, 4.69) is 83.7 Å². The zero-order valence-electron chi connectivity index (χ0n) is 14.5. The Morgan fingerprint density at radius 3 is 1.86 bits per heavy atom. The smallest absolute Gasteiger partial charge is 0.0149 e. The summed E-state index contributed by atoms with van der Waals surface area (Å²) in [4.78, 5) is 0. The minimum Gasteiger partial charge on any atom is -0.103 e. The maximum Gasteiger partial charge on any atom is -0.0149 e. The maximum atomic E-state index is 3.36. The summed E-state index contributed by atoms with van der Waals surface area (Å²) in [7, 11) is 0. The number of hydrogen-bond acceptors (Lipinski definition) is 0. The second kappa shape index (κ2) is 10.9. The predicted octanol–water partition coefficient (Wildman–Crippen LogP) is 6.89. The van der Waals surface area contributed by atoms with E-state index >= 15 is 0 Å². The molecule has 0 atom stereocenters. The van der Waals surface area contributed by atoms with Crippen LogP contribution in [0.1, 0.15) is 43.9 Å². The van der Waals surface area contributed by atoms with Crippen molar-refractivity contribution in [3.63, 3.8) is 0 Å². The molecule has 0 heteroatoms. The van der Waals surface area contributed by atoms with Crippen LogP contribution in [0.25, 0.3) is 11.1 Å². The van der Waals surface area contributed by atoms with Crippen LogP contribution in [0.3, 0.4) is 0 Å². The quantitative estimate of drug-likeness (QED) is 0.500. The molecule has 0 saturated heterocycles. The van der Waals surface area contributed by atoms with Gasteiger partial charge in [-0.15, -0.1) is 6.58 Å². The molecule has 0 nitrogen and oxygen atoms in total. The first-order valence-corrected chi connectivity index (χ1v) is 7.72. The van der Waals surface area contributed by atoms with Crippen LogP contribution in [0.2, 0.25) is 0 Å². The lowest BCUT2D eigenvalue weighted by Gasteiger charge is -2.09. The van der Waals surface area contributed by atoms with Crippen molar-refractivity contribution in [2.45, 2.75) is 48.0 Å². The van der Waals surface area contributed by atoms with Crippen LogP contribution in [0, 0.1) is 20.8 Å². The van der Waals surface area contributed by atoms with Gasteiger partial charge >= 0.3 is 0 Å². The molecule has 0 aliphatic rings. The van der Waals surface area contributed by atoms with Gasteiger partial charge in [-0.25, -0.2) is 0 Å². The molecule has 0 saturated carbocycles. The van der Waals surface area contributed by atoms with Gasteiger partial charge in [0.2, 0.25) is 0 Å². The van der Waals surface area contributed by atoms with Gasteiger partial charge in [-0.05, 0) is 49.9 Å². The van der Waals surface area contributed by atoms with E-state index < -0.39 is 0 Å². The SMILES string of the molecule is C=CC.CCC.Cc1ccc(C)c(-c2ccccc2C)c1. The van der Waals surface area contributed by atoms with Crippen molar-refractivity contribution >= 4 is 0 Å². The van der Waals surface area contributed by atoms with Crippen LogP contribution in [-0.4, -0.2) is 0 Å². The number of hydrogen-bond donors (Lipinski definition) is 0. The van der Waals surface area contributed by atoms with E-state index in [9.17, 15) is 0 Å². The number of benzene rings is 2. The molecule has 0 fully saturated rings. The zero-order valence-corrected chi connectivity index (χ0v) is 14.5. The Balaban J connectivity index is 0.000000578. The Labute approximate surface area is 131 Å². The molecule has 2 aromatic carbocycles. The normalized spacial score (nSPS) is 8.86. The highest BCUT2D eigenvalue weighted by Gasteiger charge is 2.03. The lowest BCUT2D eigenvalue weighted by Crippen LogP contribution is -1.87. The molecule has 0 radical (unpaired) electrons. The Hall–Kier alpha value is -1.82. The van der Waals surface area contributed by atoms with Crippen LogP contribution in [-0.2, 0) is 0 Å². The number of allylic oxidation sites excluding steroid dienone is 1. The van der Waals surface area contributed by atoms with Gasteiger partial charge in [0.1, 0.15) is 0 Å². The van der Waals surface area contributed by atoms with Crippen LogP contribution in [0.4, 0.5) is 0 Å². The van der Waals surface area contributed by atoms with Crippen LogP contribution in [0.5, 0.6) is 0 Å². The summed E-state index contributed by atoms with van der Waals surface area (Å²) in [5, 5.41) is 0. The Bertz CT molecular complexity index is 535. The average Bonchev–Trinajstić information content (AvgIpc) is 2.44. The van der Waals surface area contributed by atoms with E-state index in [-0.39, 0.29) is 0 Å². The van der Waals surface area contributed by atoms with Crippen molar-refractivity contribution in [2.75, 3.05) is 0 Å². The van der Waals surface area contributed by atoms with Gasteiger partial charge in [0.25, 0.3) is 0 Å². The van der Waals surface area contributed by atoms with E-state index in [0.29, 0.717) is 0 Å². The molecule has 2 rings (SSSR count). The van der Waals surface area contributed by atoms with E-state index in [1.807, 2.05) is 6.92 Å². The summed E-state index contributed by atoms with van der Waals surface area (Å²) in [6, 6.07) is 15.2. The minimum atomic E-state index is 1.25. The molecule has 2 aromatic rings. The van der Waals surface area contributed by atoms with E-state index in [1.54, 1.807) is 6.08 Å². The molecule has 0 heterocycles. The van der Waals surface area contributed by atoms with Gasteiger partial charge in [0.05, 0.1) is 0 Å². The molecule has 0 unspecified atom stereocenters. The van der Waals surface area contributed by atoms with Gasteiger partial charge in [-0.2, -0.15) is 0 Å². The van der Waals surface area contributed by atoms with Crippen molar-refractivity contribution in [2.24, 2.45) is 0 Å². The molecule has 0 amide bonds. The fourth-order valence-corrected chi connectivity index (χ4v) is 1.90. The van der Waals surface area contributed by atoms with Crippen molar-refractivity contribution < 1.29 is 0 Å². The van der Waals surface area contributed by atoms with Crippen LogP contribution >= 0.6 is 0 Å². The molecule has 0 N–H and O–H groups in total. The highest BCUT2D eigenvalue weighted by molar-refractivity contribution is 5.70. The topological polar surface area (TPSA) is 0 Å². The summed E-state index contributed by atoms with van der Waals surface area (Å²) in [5.41, 5.74) is 6.70. The fourth-order valence-electron chi connectivity index (χ4n) is 1.90. The second-order valence-electron chi connectivity index (χ2n) is 5.25. The first kappa shape index (κ1) is 19.2. The molecule has 21 heavy (non-hydrogen) atoms. The third-order valence-corrected chi connectivity index (χ3v) is 2.83. The lowest BCUT2D eigenvalue weighted by atomic mass is 9.95. The second-order valence-corrected chi connectivity index (χ2v) is 5.25. The van der Waals surface area contributed by atoms with Crippen molar-refractivity contribution in [1.82, 2.24) is 0 Å². The van der Waals surface area contributed by atoms with Gasteiger partial charge in [0, 0.05) is 0 Å². The highest BCUT2D eigenvalue weighted by atomic mass is 14.1. The summed E-state index contributed by atoms with van der Waals surface area (Å²) < 4.78 is 0. The summed E-state index contributed by atoms with van der Waals surface area (Å²) >= 11 is 0. The molecule has 0 bridgehead atoms. The molecular weight excluding hydrogens is 252 g/mol. The summed E-state index contributed by atoms with van der Waals surface area (Å²) in [6.45, 7) is 16.0. The maximum absolute atomic E-state index is 3.36. The van der Waals surface area contributed by atoms with Gasteiger partial charge in [-0.1, -0.05) is 74.4 Å².